The number of rotatable bonds is 2. The lowest BCUT2D eigenvalue weighted by Crippen LogP contribution is -2.14. The minimum Gasteiger partial charge on any atom is -0.292 e. The molecule has 1 aliphatic rings. The van der Waals surface area contributed by atoms with E-state index >= 15 is 0 Å². The van der Waals surface area contributed by atoms with Gasteiger partial charge in [0.05, 0.1) is 21.4 Å². The van der Waals surface area contributed by atoms with Crippen LogP contribution in [0.25, 0.3) is 16.8 Å². The Morgan fingerprint density at radius 3 is 2.48 bits per heavy atom. The van der Waals surface area contributed by atoms with Crippen LogP contribution in [-0.4, -0.2) is 17.9 Å². The number of hydrogen-bond acceptors (Lipinski definition) is 3. The molecular weight excluding hydrogens is 395 g/mol. The minimum absolute atomic E-state index is 0.233. The van der Waals surface area contributed by atoms with Crippen molar-refractivity contribution in [3.05, 3.63) is 88.3 Å². The summed E-state index contributed by atoms with van der Waals surface area (Å²) in [6.45, 7) is 0. The molecule has 1 aliphatic heterocycles. The fraction of sp³-hybridized carbons (Fsp3) is 0.130. The lowest BCUT2D eigenvalue weighted by Gasteiger charge is -2.12. The molecule has 3 aromatic carbocycles. The lowest BCUT2D eigenvalue weighted by molar-refractivity contribution is -0.137. The number of carbonyl (C=O) groups excluding carboxylic acids is 1. The molecule has 2 nitrogen and oxygen atoms in total. The van der Waals surface area contributed by atoms with Crippen LogP contribution in [0.15, 0.2) is 76.6 Å². The molecule has 1 fully saturated rings. The molecule has 6 heteroatoms. The SMILES string of the molecule is CN=C1SC(=Cc2cccc3ccccc23)C(=O)C1c1cccc(C(F)(F)F)c1. The van der Waals surface area contributed by atoms with Gasteiger partial charge in [0.1, 0.15) is 0 Å². The van der Waals surface area contributed by atoms with Gasteiger partial charge in [0.25, 0.3) is 0 Å². The molecule has 0 saturated carbocycles. The molecule has 1 atom stereocenters. The second-order valence-electron chi connectivity index (χ2n) is 6.66. The first kappa shape index (κ1) is 19.5. The number of aliphatic imine (C=N–C) groups is 1. The molecule has 0 amide bonds. The fourth-order valence-corrected chi connectivity index (χ4v) is 4.54. The zero-order valence-electron chi connectivity index (χ0n) is 15.4. The van der Waals surface area contributed by atoms with Crippen molar-refractivity contribution in [2.75, 3.05) is 7.05 Å². The van der Waals surface area contributed by atoms with Crippen molar-refractivity contribution in [3.63, 3.8) is 0 Å². The van der Waals surface area contributed by atoms with E-state index in [1.807, 2.05) is 42.5 Å². The Morgan fingerprint density at radius 2 is 1.72 bits per heavy atom. The summed E-state index contributed by atoms with van der Waals surface area (Å²) in [5, 5.41) is 2.56. The molecule has 0 radical (unpaired) electrons. The van der Waals surface area contributed by atoms with Crippen molar-refractivity contribution < 1.29 is 18.0 Å². The summed E-state index contributed by atoms with van der Waals surface area (Å²) in [6, 6.07) is 18.6. The largest absolute Gasteiger partial charge is 0.416 e. The minimum atomic E-state index is -4.46. The van der Waals surface area contributed by atoms with Crippen LogP contribution >= 0.6 is 11.8 Å². The standard InChI is InChI=1S/C23H16F3NOS/c1-27-22-20(16-9-5-10-17(12-16)23(24,25)26)21(28)19(29-22)13-15-8-4-7-14-6-2-3-11-18(14)15/h2-13,20H,1H3. The maximum absolute atomic E-state index is 13.1. The van der Waals surface area contributed by atoms with Crippen molar-refractivity contribution in [1.29, 1.82) is 0 Å². The zero-order valence-corrected chi connectivity index (χ0v) is 16.2. The molecule has 1 heterocycles. The Hall–Kier alpha value is -2.86. The van der Waals surface area contributed by atoms with Crippen molar-refractivity contribution >= 4 is 39.4 Å². The topological polar surface area (TPSA) is 29.4 Å². The van der Waals surface area contributed by atoms with Gasteiger partial charge >= 0.3 is 6.18 Å². The number of fused-ring (bicyclic) bond motifs is 1. The highest BCUT2D eigenvalue weighted by molar-refractivity contribution is 8.19. The summed E-state index contributed by atoms with van der Waals surface area (Å²) < 4.78 is 39.3. The van der Waals surface area contributed by atoms with Crippen LogP contribution in [0.4, 0.5) is 13.2 Å². The van der Waals surface area contributed by atoms with Gasteiger partial charge in [-0.15, -0.1) is 0 Å². The Morgan fingerprint density at radius 1 is 1.00 bits per heavy atom. The Labute approximate surface area is 170 Å². The van der Waals surface area contributed by atoms with Gasteiger partial charge in [0, 0.05) is 7.05 Å². The number of Topliss-reactive ketones (excluding diaryl/α,β-unsaturated/α-hetero) is 1. The molecule has 29 heavy (non-hydrogen) atoms. The molecule has 1 saturated heterocycles. The molecule has 1 unspecified atom stereocenters. The molecule has 3 aromatic rings. The number of alkyl halides is 3. The number of allylic oxidation sites excluding steroid dienone is 1. The van der Waals surface area contributed by atoms with E-state index in [4.69, 9.17) is 0 Å². The van der Waals surface area contributed by atoms with Gasteiger partial charge < -0.3 is 0 Å². The van der Waals surface area contributed by atoms with E-state index in [0.29, 0.717) is 15.5 Å². The lowest BCUT2D eigenvalue weighted by atomic mass is 9.93. The van der Waals surface area contributed by atoms with E-state index in [2.05, 4.69) is 4.99 Å². The molecule has 0 aromatic heterocycles. The Kier molecular flexibility index (Phi) is 5.04. The number of ketones is 1. The third-order valence-corrected chi connectivity index (χ3v) is 6.01. The highest BCUT2D eigenvalue weighted by Crippen LogP contribution is 2.43. The van der Waals surface area contributed by atoms with E-state index < -0.39 is 17.7 Å². The molecule has 0 spiro atoms. The third kappa shape index (κ3) is 3.72. The van der Waals surface area contributed by atoms with Gasteiger partial charge in [-0.05, 0) is 34.0 Å². The summed E-state index contributed by atoms with van der Waals surface area (Å²) in [6.07, 6.45) is -2.66. The van der Waals surface area contributed by atoms with Crippen molar-refractivity contribution in [2.45, 2.75) is 12.1 Å². The van der Waals surface area contributed by atoms with Crippen LogP contribution < -0.4 is 0 Å². The van der Waals surface area contributed by atoms with Crippen LogP contribution in [0.1, 0.15) is 22.6 Å². The smallest absolute Gasteiger partial charge is 0.292 e. The average Bonchev–Trinajstić information content (AvgIpc) is 3.03. The Balaban J connectivity index is 1.76. The van der Waals surface area contributed by atoms with Crippen LogP contribution in [0.5, 0.6) is 0 Å². The first-order valence-electron chi connectivity index (χ1n) is 8.94. The van der Waals surface area contributed by atoms with Crippen LogP contribution in [0, 0.1) is 0 Å². The van der Waals surface area contributed by atoms with Gasteiger partial charge in [-0.2, -0.15) is 13.2 Å². The second kappa shape index (κ2) is 7.52. The second-order valence-corrected chi connectivity index (χ2v) is 7.72. The van der Waals surface area contributed by atoms with Crippen LogP contribution in [0.2, 0.25) is 0 Å². The van der Waals surface area contributed by atoms with Gasteiger partial charge in [-0.1, -0.05) is 72.4 Å². The van der Waals surface area contributed by atoms with Crippen LogP contribution in [-0.2, 0) is 11.0 Å². The fourth-order valence-electron chi connectivity index (χ4n) is 3.46. The predicted molar refractivity (Wildman–Crippen MR) is 112 cm³/mol. The number of halogens is 3. The number of hydrogen-bond donors (Lipinski definition) is 0. The molecular formula is C23H16F3NOS. The average molecular weight is 411 g/mol. The normalized spacial score (nSPS) is 20.1. The third-order valence-electron chi connectivity index (χ3n) is 4.84. The van der Waals surface area contributed by atoms with Crippen LogP contribution in [0.3, 0.4) is 0 Å². The highest BCUT2D eigenvalue weighted by atomic mass is 32.2. The van der Waals surface area contributed by atoms with E-state index in [1.165, 1.54) is 17.8 Å². The summed E-state index contributed by atoms with van der Waals surface area (Å²) in [4.78, 5) is 17.8. The van der Waals surface area contributed by atoms with Gasteiger partial charge in [-0.3, -0.25) is 9.79 Å². The number of thioether (sulfide) groups is 1. The summed E-state index contributed by atoms with van der Waals surface area (Å²) in [7, 11) is 1.55. The highest BCUT2D eigenvalue weighted by Gasteiger charge is 2.39. The number of nitrogens with zero attached hydrogens (tertiary/aromatic N) is 1. The molecule has 0 bridgehead atoms. The van der Waals surface area contributed by atoms with E-state index in [9.17, 15) is 18.0 Å². The van der Waals surface area contributed by atoms with Gasteiger partial charge in [-0.25, -0.2) is 0 Å². The molecule has 146 valence electrons. The van der Waals surface area contributed by atoms with E-state index in [0.717, 1.165) is 28.5 Å². The van der Waals surface area contributed by atoms with Crippen molar-refractivity contribution in [2.24, 2.45) is 4.99 Å². The maximum Gasteiger partial charge on any atom is 0.416 e. The summed E-state index contributed by atoms with van der Waals surface area (Å²) >= 11 is 1.22. The van der Waals surface area contributed by atoms with Crippen molar-refractivity contribution in [1.82, 2.24) is 0 Å². The van der Waals surface area contributed by atoms with Crippen molar-refractivity contribution in [3.8, 4) is 0 Å². The number of benzene rings is 3. The first-order valence-corrected chi connectivity index (χ1v) is 9.75. The predicted octanol–water partition coefficient (Wildman–Crippen LogP) is 6.33. The Bertz CT molecular complexity index is 1160. The quantitative estimate of drug-likeness (QED) is 0.461. The zero-order chi connectivity index (χ0) is 20.6. The molecule has 4 rings (SSSR count). The van der Waals surface area contributed by atoms with E-state index in [-0.39, 0.29) is 5.78 Å². The number of carbonyl (C=O) groups is 1. The summed E-state index contributed by atoms with van der Waals surface area (Å²) in [5.41, 5.74) is 0.424. The summed E-state index contributed by atoms with van der Waals surface area (Å²) in [5.74, 6) is -1.05. The van der Waals surface area contributed by atoms with E-state index in [1.54, 1.807) is 19.2 Å². The monoisotopic (exact) mass is 411 g/mol. The molecule has 0 aliphatic carbocycles. The molecule has 0 N–H and O–H groups in total. The maximum atomic E-state index is 13.1. The van der Waals surface area contributed by atoms with Gasteiger partial charge in [0.15, 0.2) is 5.78 Å². The first-order chi connectivity index (χ1) is 13.9. The van der Waals surface area contributed by atoms with Gasteiger partial charge in [0.2, 0.25) is 0 Å².